The molecule has 2 rings (SSSR count). The Kier molecular flexibility index (Phi) is 6.51. The highest BCUT2D eigenvalue weighted by Crippen LogP contribution is 2.21. The van der Waals surface area contributed by atoms with E-state index in [1.54, 1.807) is 7.11 Å². The average Bonchev–Trinajstić information content (AvgIpc) is 2.50. The predicted molar refractivity (Wildman–Crippen MR) is 84.0 cm³/mol. The zero-order valence-electron chi connectivity index (χ0n) is 12.8. The summed E-state index contributed by atoms with van der Waals surface area (Å²) in [5.41, 5.74) is 1.48. The van der Waals surface area contributed by atoms with E-state index in [4.69, 9.17) is 4.74 Å². The first kappa shape index (κ1) is 15.5. The van der Waals surface area contributed by atoms with Crippen molar-refractivity contribution in [1.29, 1.82) is 0 Å². The molecule has 0 bridgehead atoms. The maximum Gasteiger partial charge on any atom is 0.0628 e. The molecule has 20 heavy (non-hydrogen) atoms. The molecule has 112 valence electrons. The molecule has 1 heterocycles. The van der Waals surface area contributed by atoms with E-state index < -0.39 is 0 Å². The number of piperidine rings is 1. The zero-order valence-corrected chi connectivity index (χ0v) is 12.8. The molecule has 1 aliphatic rings. The molecule has 1 aromatic carbocycles. The molecule has 1 saturated heterocycles. The third kappa shape index (κ3) is 4.89. The van der Waals surface area contributed by atoms with Gasteiger partial charge >= 0.3 is 0 Å². The highest BCUT2D eigenvalue weighted by molar-refractivity contribution is 5.15. The molecule has 1 unspecified atom stereocenters. The number of ether oxygens (including phenoxy) is 1. The third-order valence-corrected chi connectivity index (χ3v) is 4.33. The third-order valence-electron chi connectivity index (χ3n) is 4.33. The highest BCUT2D eigenvalue weighted by Gasteiger charge is 2.21. The van der Waals surface area contributed by atoms with Gasteiger partial charge in [0.25, 0.3) is 0 Å². The van der Waals surface area contributed by atoms with Crippen LogP contribution in [0.3, 0.4) is 0 Å². The van der Waals surface area contributed by atoms with Gasteiger partial charge in [0.15, 0.2) is 0 Å². The van der Waals surface area contributed by atoms with Crippen LogP contribution in [0.2, 0.25) is 0 Å². The summed E-state index contributed by atoms with van der Waals surface area (Å²) in [6.45, 7) is 4.33. The summed E-state index contributed by atoms with van der Waals surface area (Å²) in [4.78, 5) is 2.57. The maximum absolute atomic E-state index is 5.25. The summed E-state index contributed by atoms with van der Waals surface area (Å²) in [6, 6.07) is 11.3. The molecule has 1 atom stereocenters. The van der Waals surface area contributed by atoms with E-state index in [-0.39, 0.29) is 0 Å². The Balaban J connectivity index is 1.72. The number of hydrogen-bond donors (Lipinski definition) is 1. The predicted octanol–water partition coefficient (Wildman–Crippen LogP) is 2.18. The summed E-state index contributed by atoms with van der Waals surface area (Å²) < 4.78 is 5.25. The van der Waals surface area contributed by atoms with Crippen molar-refractivity contribution in [3.8, 4) is 0 Å². The Morgan fingerprint density at radius 3 is 2.55 bits per heavy atom. The van der Waals surface area contributed by atoms with Gasteiger partial charge in [0.2, 0.25) is 0 Å². The van der Waals surface area contributed by atoms with Crippen LogP contribution < -0.4 is 5.32 Å². The van der Waals surface area contributed by atoms with Crippen LogP contribution in [0.15, 0.2) is 30.3 Å². The van der Waals surface area contributed by atoms with E-state index >= 15 is 0 Å². The van der Waals surface area contributed by atoms with Crippen molar-refractivity contribution in [2.75, 3.05) is 40.4 Å². The number of rotatable bonds is 7. The second-order valence-electron chi connectivity index (χ2n) is 5.87. The molecule has 1 fully saturated rings. The molecule has 0 aliphatic carbocycles. The molecule has 3 nitrogen and oxygen atoms in total. The Morgan fingerprint density at radius 2 is 1.95 bits per heavy atom. The molecular formula is C17H28N2O. The number of nitrogens with zero attached hydrogens (tertiary/aromatic N) is 1. The normalized spacial score (nSPS) is 19.1. The number of methoxy groups -OCH3 is 1. The van der Waals surface area contributed by atoms with Crippen LogP contribution in [-0.2, 0) is 11.2 Å². The minimum atomic E-state index is 0.450. The summed E-state index contributed by atoms with van der Waals surface area (Å²) >= 11 is 0. The molecule has 1 N–H and O–H groups in total. The van der Waals surface area contributed by atoms with Gasteiger partial charge in [-0.1, -0.05) is 30.3 Å². The van der Waals surface area contributed by atoms with E-state index in [0.29, 0.717) is 6.04 Å². The van der Waals surface area contributed by atoms with Crippen molar-refractivity contribution in [2.24, 2.45) is 5.92 Å². The van der Waals surface area contributed by atoms with Crippen LogP contribution in [0, 0.1) is 5.92 Å². The molecule has 0 spiro atoms. The van der Waals surface area contributed by atoms with Crippen molar-refractivity contribution in [3.63, 3.8) is 0 Å². The SMILES string of the molecule is CNC(COC)CN1CCC(Cc2ccccc2)CC1. The van der Waals surface area contributed by atoms with Gasteiger partial charge in [0, 0.05) is 19.7 Å². The number of likely N-dealkylation sites (N-methyl/N-ethyl adjacent to an activating group) is 1. The lowest BCUT2D eigenvalue weighted by atomic mass is 9.90. The molecule has 0 saturated carbocycles. The first-order valence-corrected chi connectivity index (χ1v) is 7.74. The van der Waals surface area contributed by atoms with Gasteiger partial charge in [-0.2, -0.15) is 0 Å². The van der Waals surface area contributed by atoms with E-state index in [2.05, 4.69) is 40.5 Å². The van der Waals surface area contributed by atoms with Crippen molar-refractivity contribution in [1.82, 2.24) is 10.2 Å². The fourth-order valence-electron chi connectivity index (χ4n) is 3.06. The molecule has 1 aromatic rings. The molecular weight excluding hydrogens is 248 g/mol. The lowest BCUT2D eigenvalue weighted by Gasteiger charge is -2.34. The molecule has 1 aliphatic heterocycles. The number of nitrogens with one attached hydrogen (secondary N) is 1. The zero-order chi connectivity index (χ0) is 14.2. The number of hydrogen-bond acceptors (Lipinski definition) is 3. The van der Waals surface area contributed by atoms with Crippen molar-refractivity contribution >= 4 is 0 Å². The van der Waals surface area contributed by atoms with E-state index in [1.807, 2.05) is 7.05 Å². The van der Waals surface area contributed by atoms with Crippen LogP contribution in [0.1, 0.15) is 18.4 Å². The van der Waals surface area contributed by atoms with Crippen LogP contribution >= 0.6 is 0 Å². The Bertz CT molecular complexity index is 361. The summed E-state index contributed by atoms with van der Waals surface area (Å²) in [5.74, 6) is 0.851. The topological polar surface area (TPSA) is 24.5 Å². The van der Waals surface area contributed by atoms with Crippen LogP contribution in [0.4, 0.5) is 0 Å². The number of likely N-dealkylation sites (tertiary alicyclic amines) is 1. The van der Waals surface area contributed by atoms with Gasteiger partial charge in [0.05, 0.1) is 6.61 Å². The molecule has 0 radical (unpaired) electrons. The average molecular weight is 276 g/mol. The second kappa shape index (κ2) is 8.40. The minimum Gasteiger partial charge on any atom is -0.383 e. The lowest BCUT2D eigenvalue weighted by Crippen LogP contribution is -2.45. The number of benzene rings is 1. The minimum absolute atomic E-state index is 0.450. The second-order valence-corrected chi connectivity index (χ2v) is 5.87. The molecule has 3 heteroatoms. The quantitative estimate of drug-likeness (QED) is 0.826. The van der Waals surface area contributed by atoms with Crippen molar-refractivity contribution < 1.29 is 4.74 Å². The van der Waals surface area contributed by atoms with Gasteiger partial charge in [-0.15, -0.1) is 0 Å². The van der Waals surface area contributed by atoms with Gasteiger partial charge in [0.1, 0.15) is 0 Å². The Hall–Kier alpha value is -0.900. The molecule has 0 amide bonds. The van der Waals surface area contributed by atoms with E-state index in [0.717, 1.165) is 19.1 Å². The highest BCUT2D eigenvalue weighted by atomic mass is 16.5. The van der Waals surface area contributed by atoms with Crippen LogP contribution in [0.25, 0.3) is 0 Å². The maximum atomic E-state index is 5.25. The van der Waals surface area contributed by atoms with Gasteiger partial charge in [-0.25, -0.2) is 0 Å². The smallest absolute Gasteiger partial charge is 0.0628 e. The summed E-state index contributed by atoms with van der Waals surface area (Å²) in [6.07, 6.45) is 3.87. The standard InChI is InChI=1S/C17H28N2O/c1-18-17(14-20-2)13-19-10-8-16(9-11-19)12-15-6-4-3-5-7-15/h3-7,16-18H,8-14H2,1-2H3. The Morgan fingerprint density at radius 1 is 1.25 bits per heavy atom. The van der Waals surface area contributed by atoms with Gasteiger partial charge in [-0.05, 0) is 50.9 Å². The molecule has 0 aromatic heterocycles. The first-order valence-electron chi connectivity index (χ1n) is 7.74. The fourth-order valence-corrected chi connectivity index (χ4v) is 3.06. The van der Waals surface area contributed by atoms with Gasteiger partial charge < -0.3 is 15.0 Å². The fraction of sp³-hybridized carbons (Fsp3) is 0.647. The summed E-state index contributed by atoms with van der Waals surface area (Å²) in [7, 11) is 3.79. The van der Waals surface area contributed by atoms with Crippen molar-refractivity contribution in [2.45, 2.75) is 25.3 Å². The largest absolute Gasteiger partial charge is 0.383 e. The van der Waals surface area contributed by atoms with Crippen LogP contribution in [0.5, 0.6) is 0 Å². The van der Waals surface area contributed by atoms with E-state index in [9.17, 15) is 0 Å². The van der Waals surface area contributed by atoms with Gasteiger partial charge in [-0.3, -0.25) is 0 Å². The summed E-state index contributed by atoms with van der Waals surface area (Å²) in [5, 5.41) is 3.33. The first-order chi connectivity index (χ1) is 9.81. The van der Waals surface area contributed by atoms with Crippen molar-refractivity contribution in [3.05, 3.63) is 35.9 Å². The monoisotopic (exact) mass is 276 g/mol. The Labute approximate surface area is 123 Å². The van der Waals surface area contributed by atoms with Crippen LogP contribution in [-0.4, -0.2) is 51.3 Å². The lowest BCUT2D eigenvalue weighted by molar-refractivity contribution is 0.121. The van der Waals surface area contributed by atoms with E-state index in [1.165, 1.54) is 37.9 Å².